The molecule has 3 rings (SSSR count). The number of rotatable bonds is 5. The van der Waals surface area contributed by atoms with Gasteiger partial charge in [-0.15, -0.1) is 12.4 Å². The van der Waals surface area contributed by atoms with E-state index in [2.05, 4.69) is 27.3 Å². The molecule has 1 amide bonds. The van der Waals surface area contributed by atoms with Crippen LogP contribution in [0.3, 0.4) is 0 Å². The first-order chi connectivity index (χ1) is 9.15. The predicted molar refractivity (Wildman–Crippen MR) is 86.0 cm³/mol. The molecule has 20 heavy (non-hydrogen) atoms. The molecule has 0 bridgehead atoms. The average Bonchev–Trinajstić information content (AvgIpc) is 3.29. The van der Waals surface area contributed by atoms with E-state index in [9.17, 15) is 4.79 Å². The Morgan fingerprint density at radius 1 is 1.45 bits per heavy atom. The summed E-state index contributed by atoms with van der Waals surface area (Å²) in [6.07, 6.45) is 4.28. The van der Waals surface area contributed by atoms with Gasteiger partial charge in [0.15, 0.2) is 0 Å². The SMILES string of the molecule is Cl.NCC(NC(=O)C1(c2cccc(Br)c2)CC1)C1CC1. The van der Waals surface area contributed by atoms with E-state index in [0.717, 1.165) is 22.9 Å². The molecule has 5 heteroatoms. The fourth-order valence-electron chi connectivity index (χ4n) is 2.73. The Morgan fingerprint density at radius 2 is 2.15 bits per heavy atom. The molecular weight excluding hydrogens is 340 g/mol. The van der Waals surface area contributed by atoms with Crippen LogP contribution in [-0.2, 0) is 10.2 Å². The summed E-state index contributed by atoms with van der Waals surface area (Å²) in [5, 5.41) is 3.17. The van der Waals surface area contributed by atoms with Gasteiger partial charge < -0.3 is 11.1 Å². The molecule has 2 saturated carbocycles. The van der Waals surface area contributed by atoms with E-state index in [1.165, 1.54) is 12.8 Å². The van der Waals surface area contributed by atoms with E-state index in [0.29, 0.717) is 12.5 Å². The second-order valence-electron chi connectivity index (χ2n) is 5.75. The van der Waals surface area contributed by atoms with Crippen LogP contribution >= 0.6 is 28.3 Å². The number of hydrogen-bond acceptors (Lipinski definition) is 2. The molecule has 2 fully saturated rings. The Bertz CT molecular complexity index is 500. The van der Waals surface area contributed by atoms with Crippen molar-refractivity contribution in [1.29, 1.82) is 0 Å². The molecule has 1 aromatic carbocycles. The van der Waals surface area contributed by atoms with E-state index in [-0.39, 0.29) is 29.8 Å². The van der Waals surface area contributed by atoms with Crippen molar-refractivity contribution in [3.05, 3.63) is 34.3 Å². The zero-order valence-electron chi connectivity index (χ0n) is 11.3. The fourth-order valence-corrected chi connectivity index (χ4v) is 3.13. The Morgan fingerprint density at radius 3 is 2.65 bits per heavy atom. The Labute approximate surface area is 134 Å². The highest BCUT2D eigenvalue weighted by molar-refractivity contribution is 9.10. The van der Waals surface area contributed by atoms with Gasteiger partial charge in [0, 0.05) is 17.1 Å². The van der Waals surface area contributed by atoms with E-state index in [1.54, 1.807) is 0 Å². The molecular formula is C15H20BrClN2O. The molecule has 2 aliphatic rings. The third-order valence-corrected chi connectivity index (χ3v) is 4.82. The number of carbonyl (C=O) groups is 1. The number of nitrogens with one attached hydrogen (secondary N) is 1. The summed E-state index contributed by atoms with van der Waals surface area (Å²) >= 11 is 3.48. The van der Waals surface area contributed by atoms with Crippen molar-refractivity contribution in [2.45, 2.75) is 37.1 Å². The van der Waals surface area contributed by atoms with Crippen LogP contribution in [0.2, 0.25) is 0 Å². The van der Waals surface area contributed by atoms with Crippen molar-refractivity contribution in [3.8, 4) is 0 Å². The van der Waals surface area contributed by atoms with Crippen LogP contribution in [0.5, 0.6) is 0 Å². The lowest BCUT2D eigenvalue weighted by Crippen LogP contribution is -2.46. The van der Waals surface area contributed by atoms with Gasteiger partial charge in [0.05, 0.1) is 5.41 Å². The Balaban J connectivity index is 0.00000147. The molecule has 0 radical (unpaired) electrons. The number of halogens is 2. The number of benzene rings is 1. The van der Waals surface area contributed by atoms with Crippen LogP contribution in [0.1, 0.15) is 31.2 Å². The minimum Gasteiger partial charge on any atom is -0.351 e. The Kier molecular flexibility index (Phi) is 4.77. The second kappa shape index (κ2) is 6.04. The third kappa shape index (κ3) is 3.02. The molecule has 3 N–H and O–H groups in total. The molecule has 1 aromatic rings. The topological polar surface area (TPSA) is 55.1 Å². The van der Waals surface area contributed by atoms with Crippen molar-refractivity contribution in [1.82, 2.24) is 5.32 Å². The second-order valence-corrected chi connectivity index (χ2v) is 6.66. The maximum Gasteiger partial charge on any atom is 0.230 e. The monoisotopic (exact) mass is 358 g/mol. The maximum atomic E-state index is 12.6. The summed E-state index contributed by atoms with van der Waals surface area (Å²) in [4.78, 5) is 12.6. The lowest BCUT2D eigenvalue weighted by molar-refractivity contribution is -0.124. The molecule has 1 unspecified atom stereocenters. The van der Waals surface area contributed by atoms with Gasteiger partial charge in [-0.25, -0.2) is 0 Å². The molecule has 110 valence electrons. The smallest absolute Gasteiger partial charge is 0.230 e. The molecule has 2 aliphatic carbocycles. The summed E-state index contributed by atoms with van der Waals surface area (Å²) in [6.45, 7) is 0.547. The van der Waals surface area contributed by atoms with Crippen molar-refractivity contribution < 1.29 is 4.79 Å². The summed E-state index contributed by atoms with van der Waals surface area (Å²) in [5.74, 6) is 0.764. The standard InChI is InChI=1S/C15H19BrN2O.ClH/c16-12-3-1-2-11(8-12)15(6-7-15)14(19)18-13(9-17)10-4-5-10;/h1-3,8,10,13H,4-7,9,17H2,(H,18,19);1H. The number of carbonyl (C=O) groups excluding carboxylic acids is 1. The minimum absolute atomic E-state index is 0. The first kappa shape index (κ1) is 15.8. The zero-order valence-corrected chi connectivity index (χ0v) is 13.7. The lowest BCUT2D eigenvalue weighted by Gasteiger charge is -2.21. The molecule has 0 aromatic heterocycles. The van der Waals surface area contributed by atoms with Crippen LogP contribution in [0.15, 0.2) is 28.7 Å². The van der Waals surface area contributed by atoms with Crippen molar-refractivity contribution in [3.63, 3.8) is 0 Å². The quantitative estimate of drug-likeness (QED) is 0.849. The lowest BCUT2D eigenvalue weighted by atomic mass is 9.94. The third-order valence-electron chi connectivity index (χ3n) is 4.32. The maximum absolute atomic E-state index is 12.6. The van der Waals surface area contributed by atoms with Crippen molar-refractivity contribution in [2.24, 2.45) is 11.7 Å². The van der Waals surface area contributed by atoms with Crippen LogP contribution in [0.25, 0.3) is 0 Å². The van der Waals surface area contributed by atoms with Crippen molar-refractivity contribution >= 4 is 34.2 Å². The van der Waals surface area contributed by atoms with Gasteiger partial charge in [-0.05, 0) is 49.3 Å². The molecule has 0 saturated heterocycles. The summed E-state index contributed by atoms with van der Waals surface area (Å²) < 4.78 is 1.03. The average molecular weight is 360 g/mol. The zero-order chi connectivity index (χ0) is 13.5. The van der Waals surface area contributed by atoms with Gasteiger partial charge in [-0.2, -0.15) is 0 Å². The van der Waals surface area contributed by atoms with E-state index >= 15 is 0 Å². The minimum atomic E-state index is -0.300. The summed E-state index contributed by atoms with van der Waals surface area (Å²) in [7, 11) is 0. The number of amides is 1. The van der Waals surface area contributed by atoms with Crippen LogP contribution in [-0.4, -0.2) is 18.5 Å². The molecule has 0 spiro atoms. The summed E-state index contributed by atoms with van der Waals surface area (Å²) in [5.41, 5.74) is 6.58. The highest BCUT2D eigenvalue weighted by Gasteiger charge is 2.52. The van der Waals surface area contributed by atoms with Gasteiger partial charge in [0.1, 0.15) is 0 Å². The van der Waals surface area contributed by atoms with Crippen LogP contribution < -0.4 is 11.1 Å². The van der Waals surface area contributed by atoms with E-state index in [1.807, 2.05) is 18.2 Å². The van der Waals surface area contributed by atoms with Gasteiger partial charge in [-0.1, -0.05) is 28.1 Å². The predicted octanol–water partition coefficient (Wildman–Crippen LogP) is 2.76. The highest BCUT2D eigenvalue weighted by Crippen LogP contribution is 2.49. The highest BCUT2D eigenvalue weighted by atomic mass is 79.9. The van der Waals surface area contributed by atoms with Crippen LogP contribution in [0, 0.1) is 5.92 Å². The first-order valence-electron chi connectivity index (χ1n) is 6.93. The van der Waals surface area contributed by atoms with Gasteiger partial charge in [0.25, 0.3) is 0 Å². The summed E-state index contributed by atoms with van der Waals surface area (Å²) in [6, 6.07) is 8.25. The first-order valence-corrected chi connectivity index (χ1v) is 7.72. The molecule has 3 nitrogen and oxygen atoms in total. The fraction of sp³-hybridized carbons (Fsp3) is 0.533. The van der Waals surface area contributed by atoms with Gasteiger partial charge >= 0.3 is 0 Å². The number of nitrogens with two attached hydrogens (primary N) is 1. The molecule has 0 heterocycles. The molecule has 1 atom stereocenters. The Hall–Kier alpha value is -0.580. The normalized spacial score (nSPS) is 20.7. The van der Waals surface area contributed by atoms with E-state index in [4.69, 9.17) is 5.73 Å². The van der Waals surface area contributed by atoms with Gasteiger partial charge in [0.2, 0.25) is 5.91 Å². The largest absolute Gasteiger partial charge is 0.351 e. The van der Waals surface area contributed by atoms with Gasteiger partial charge in [-0.3, -0.25) is 4.79 Å². The van der Waals surface area contributed by atoms with Crippen LogP contribution in [0.4, 0.5) is 0 Å². The number of hydrogen-bond donors (Lipinski definition) is 2. The van der Waals surface area contributed by atoms with Crippen molar-refractivity contribution in [2.75, 3.05) is 6.54 Å². The van der Waals surface area contributed by atoms with E-state index < -0.39 is 0 Å². The molecule has 0 aliphatic heterocycles.